The standard InChI is InChI=1S/C10H12N2O3S/c1-15-6-5-12-16(13,14)10-4-2-3-9(7-10)8-11/h2-4,7,12H,5-6H2,1H3. The highest BCUT2D eigenvalue weighted by Crippen LogP contribution is 2.10. The largest absolute Gasteiger partial charge is 0.383 e. The third kappa shape index (κ3) is 3.31. The summed E-state index contributed by atoms with van der Waals surface area (Å²) in [5, 5.41) is 8.66. The first-order valence-corrected chi connectivity index (χ1v) is 6.07. The molecule has 0 saturated heterocycles. The van der Waals surface area contributed by atoms with Crippen LogP contribution in [0.3, 0.4) is 0 Å². The molecule has 0 heterocycles. The van der Waals surface area contributed by atoms with Crippen molar-refractivity contribution in [2.24, 2.45) is 0 Å². The summed E-state index contributed by atoms with van der Waals surface area (Å²) in [7, 11) is -2.06. The molecular weight excluding hydrogens is 228 g/mol. The van der Waals surface area contributed by atoms with E-state index in [1.165, 1.54) is 25.3 Å². The van der Waals surface area contributed by atoms with Crippen LogP contribution < -0.4 is 4.72 Å². The summed E-state index contributed by atoms with van der Waals surface area (Å²) >= 11 is 0. The number of methoxy groups -OCH3 is 1. The zero-order valence-corrected chi connectivity index (χ0v) is 9.62. The van der Waals surface area contributed by atoms with Gasteiger partial charge in [0.2, 0.25) is 10.0 Å². The lowest BCUT2D eigenvalue weighted by Crippen LogP contribution is -2.27. The topological polar surface area (TPSA) is 79.2 Å². The number of rotatable bonds is 5. The van der Waals surface area contributed by atoms with E-state index >= 15 is 0 Å². The van der Waals surface area contributed by atoms with Gasteiger partial charge in [0.05, 0.1) is 23.1 Å². The third-order valence-corrected chi connectivity index (χ3v) is 3.33. The number of nitrogens with zero attached hydrogens (tertiary/aromatic N) is 1. The van der Waals surface area contributed by atoms with E-state index in [0.29, 0.717) is 12.2 Å². The summed E-state index contributed by atoms with van der Waals surface area (Å²) in [5.41, 5.74) is 0.314. The molecule has 16 heavy (non-hydrogen) atoms. The van der Waals surface area contributed by atoms with Gasteiger partial charge in [-0.1, -0.05) is 6.07 Å². The Kier molecular flexibility index (Phi) is 4.43. The minimum absolute atomic E-state index is 0.0858. The predicted octanol–water partition coefficient (Wildman–Crippen LogP) is 0.483. The first-order chi connectivity index (χ1) is 7.60. The Balaban J connectivity index is 2.86. The highest BCUT2D eigenvalue weighted by atomic mass is 32.2. The molecule has 0 aliphatic rings. The van der Waals surface area contributed by atoms with Crippen molar-refractivity contribution in [3.8, 4) is 6.07 Å². The summed E-state index contributed by atoms with van der Waals surface area (Å²) in [5.74, 6) is 0. The number of sulfonamides is 1. The summed E-state index contributed by atoms with van der Waals surface area (Å²) in [6.45, 7) is 0.507. The quantitative estimate of drug-likeness (QED) is 0.759. The summed E-state index contributed by atoms with van der Waals surface area (Å²) in [6.07, 6.45) is 0. The Hall–Kier alpha value is -1.42. The molecule has 0 saturated carbocycles. The van der Waals surface area contributed by atoms with Crippen molar-refractivity contribution in [2.45, 2.75) is 4.90 Å². The third-order valence-electron chi connectivity index (χ3n) is 1.87. The maximum atomic E-state index is 11.7. The van der Waals surface area contributed by atoms with Crippen LogP contribution in [0.4, 0.5) is 0 Å². The fourth-order valence-corrected chi connectivity index (χ4v) is 2.15. The first kappa shape index (κ1) is 12.6. The van der Waals surface area contributed by atoms with E-state index in [2.05, 4.69) is 4.72 Å². The van der Waals surface area contributed by atoms with Gasteiger partial charge in [0.1, 0.15) is 0 Å². The highest BCUT2D eigenvalue weighted by molar-refractivity contribution is 7.89. The molecule has 0 spiro atoms. The van der Waals surface area contributed by atoms with Gasteiger partial charge in [-0.2, -0.15) is 5.26 Å². The molecule has 0 aromatic heterocycles. The molecule has 1 aromatic carbocycles. The fourth-order valence-electron chi connectivity index (χ4n) is 1.09. The van der Waals surface area contributed by atoms with Gasteiger partial charge in [0.25, 0.3) is 0 Å². The molecule has 6 heteroatoms. The molecule has 0 unspecified atom stereocenters. The number of benzene rings is 1. The van der Waals surface area contributed by atoms with Crippen molar-refractivity contribution < 1.29 is 13.2 Å². The molecule has 0 aliphatic carbocycles. The molecule has 0 aliphatic heterocycles. The predicted molar refractivity (Wildman–Crippen MR) is 58.2 cm³/mol. The second-order valence-electron chi connectivity index (χ2n) is 3.03. The minimum Gasteiger partial charge on any atom is -0.383 e. The Labute approximate surface area is 94.7 Å². The summed E-state index contributed by atoms with van der Waals surface area (Å²) in [6, 6.07) is 7.74. The molecule has 86 valence electrons. The molecule has 1 aromatic rings. The zero-order chi connectivity index (χ0) is 12.0. The Morgan fingerprint density at radius 1 is 1.50 bits per heavy atom. The SMILES string of the molecule is COCCNS(=O)(=O)c1cccc(C#N)c1. The van der Waals surface area contributed by atoms with Crippen LogP contribution in [-0.4, -0.2) is 28.7 Å². The molecule has 0 amide bonds. The maximum Gasteiger partial charge on any atom is 0.240 e. The van der Waals surface area contributed by atoms with E-state index in [0.717, 1.165) is 0 Å². The molecule has 5 nitrogen and oxygen atoms in total. The maximum absolute atomic E-state index is 11.7. The van der Waals surface area contributed by atoms with Crippen molar-refractivity contribution in [2.75, 3.05) is 20.3 Å². The average molecular weight is 240 g/mol. The van der Waals surface area contributed by atoms with E-state index in [4.69, 9.17) is 10.00 Å². The fraction of sp³-hybridized carbons (Fsp3) is 0.300. The lowest BCUT2D eigenvalue weighted by atomic mass is 10.2. The van der Waals surface area contributed by atoms with E-state index in [1.807, 2.05) is 6.07 Å². The van der Waals surface area contributed by atoms with Crippen LogP contribution in [0.5, 0.6) is 0 Å². The van der Waals surface area contributed by atoms with Gasteiger partial charge in [0, 0.05) is 13.7 Å². The van der Waals surface area contributed by atoms with Crippen LogP contribution in [-0.2, 0) is 14.8 Å². The minimum atomic E-state index is -3.55. The smallest absolute Gasteiger partial charge is 0.240 e. The van der Waals surface area contributed by atoms with Gasteiger partial charge in [-0.3, -0.25) is 0 Å². The van der Waals surface area contributed by atoms with E-state index < -0.39 is 10.0 Å². The Morgan fingerprint density at radius 3 is 2.88 bits per heavy atom. The van der Waals surface area contributed by atoms with E-state index in [9.17, 15) is 8.42 Å². The monoisotopic (exact) mass is 240 g/mol. The number of hydrogen-bond acceptors (Lipinski definition) is 4. The van der Waals surface area contributed by atoms with Crippen molar-refractivity contribution in [3.05, 3.63) is 29.8 Å². The first-order valence-electron chi connectivity index (χ1n) is 4.59. The lowest BCUT2D eigenvalue weighted by Gasteiger charge is -2.05. The van der Waals surface area contributed by atoms with E-state index in [-0.39, 0.29) is 11.4 Å². The number of hydrogen-bond donors (Lipinski definition) is 1. The van der Waals surface area contributed by atoms with Gasteiger partial charge < -0.3 is 4.74 Å². The lowest BCUT2D eigenvalue weighted by molar-refractivity contribution is 0.204. The molecular formula is C10H12N2O3S. The van der Waals surface area contributed by atoms with Gasteiger partial charge >= 0.3 is 0 Å². The number of ether oxygens (including phenoxy) is 1. The molecule has 1 rings (SSSR count). The van der Waals surface area contributed by atoms with Crippen LogP contribution in [0.1, 0.15) is 5.56 Å². The highest BCUT2D eigenvalue weighted by Gasteiger charge is 2.13. The number of nitrogens with one attached hydrogen (secondary N) is 1. The second kappa shape index (κ2) is 5.61. The van der Waals surface area contributed by atoms with Crippen LogP contribution in [0.25, 0.3) is 0 Å². The molecule has 1 N–H and O–H groups in total. The average Bonchev–Trinajstić information content (AvgIpc) is 2.29. The molecule has 0 atom stereocenters. The van der Waals surface area contributed by atoms with Crippen molar-refractivity contribution in [3.63, 3.8) is 0 Å². The zero-order valence-electron chi connectivity index (χ0n) is 8.80. The Bertz CT molecular complexity index is 491. The van der Waals surface area contributed by atoms with Gasteiger partial charge in [-0.15, -0.1) is 0 Å². The van der Waals surface area contributed by atoms with Gasteiger partial charge in [0.15, 0.2) is 0 Å². The van der Waals surface area contributed by atoms with Gasteiger partial charge in [-0.05, 0) is 18.2 Å². The normalized spacial score (nSPS) is 11.0. The van der Waals surface area contributed by atoms with E-state index in [1.54, 1.807) is 6.07 Å². The van der Waals surface area contributed by atoms with Crippen molar-refractivity contribution >= 4 is 10.0 Å². The number of nitriles is 1. The van der Waals surface area contributed by atoms with Crippen LogP contribution >= 0.6 is 0 Å². The van der Waals surface area contributed by atoms with Crippen molar-refractivity contribution in [1.29, 1.82) is 5.26 Å². The molecule has 0 fully saturated rings. The van der Waals surface area contributed by atoms with Crippen molar-refractivity contribution in [1.82, 2.24) is 4.72 Å². The van der Waals surface area contributed by atoms with Crippen LogP contribution in [0.2, 0.25) is 0 Å². The second-order valence-corrected chi connectivity index (χ2v) is 4.80. The van der Waals surface area contributed by atoms with Crippen LogP contribution in [0.15, 0.2) is 29.2 Å². The van der Waals surface area contributed by atoms with Crippen LogP contribution in [0, 0.1) is 11.3 Å². The van der Waals surface area contributed by atoms with Gasteiger partial charge in [-0.25, -0.2) is 13.1 Å². The summed E-state index contributed by atoms with van der Waals surface area (Å²) < 4.78 is 30.5. The molecule has 0 bridgehead atoms. The molecule has 0 radical (unpaired) electrons. The summed E-state index contributed by atoms with van der Waals surface area (Å²) in [4.78, 5) is 0.0858. The Morgan fingerprint density at radius 2 is 2.25 bits per heavy atom.